The van der Waals surface area contributed by atoms with Crippen LogP contribution in [0.25, 0.3) is 0 Å². The second-order valence-electron chi connectivity index (χ2n) is 5.59. The summed E-state index contributed by atoms with van der Waals surface area (Å²) in [6, 6.07) is 2.64. The molecule has 1 heterocycles. The maximum Gasteiger partial charge on any atom is 0.0410 e. The zero-order valence-electron chi connectivity index (χ0n) is 11.3. The van der Waals surface area contributed by atoms with E-state index in [4.69, 9.17) is 0 Å². The van der Waals surface area contributed by atoms with Gasteiger partial charge in [-0.1, -0.05) is 27.7 Å². The average molecular weight is 299 g/mol. The van der Waals surface area contributed by atoms with Crippen LogP contribution in [0.2, 0.25) is 0 Å². The average Bonchev–Trinajstić information content (AvgIpc) is 2.22. The number of rotatable bonds is 5. The van der Waals surface area contributed by atoms with Crippen molar-refractivity contribution in [3.05, 3.63) is 28.5 Å². The molecule has 96 valence electrons. The molecular formula is C14H23BrN2. The van der Waals surface area contributed by atoms with Crippen molar-refractivity contribution in [1.82, 2.24) is 10.3 Å². The van der Waals surface area contributed by atoms with E-state index in [9.17, 15) is 0 Å². The molecule has 2 nitrogen and oxygen atoms in total. The first-order valence-electron chi connectivity index (χ1n) is 6.26. The molecule has 0 saturated carbocycles. The molecule has 3 heteroatoms. The molecule has 1 atom stereocenters. The molecule has 1 aromatic heterocycles. The van der Waals surface area contributed by atoms with Crippen molar-refractivity contribution in [3.8, 4) is 0 Å². The van der Waals surface area contributed by atoms with Crippen LogP contribution in [-0.2, 0) is 6.42 Å². The number of hydrogen-bond acceptors (Lipinski definition) is 2. The monoisotopic (exact) mass is 298 g/mol. The van der Waals surface area contributed by atoms with Crippen molar-refractivity contribution in [3.63, 3.8) is 0 Å². The van der Waals surface area contributed by atoms with Crippen LogP contribution in [0.5, 0.6) is 0 Å². The number of nitrogens with zero attached hydrogens (tertiary/aromatic N) is 1. The largest absolute Gasteiger partial charge is 0.313 e. The molecule has 0 spiro atoms. The molecular weight excluding hydrogens is 276 g/mol. The number of hydrogen-bond donors (Lipinski definition) is 1. The maximum absolute atomic E-state index is 4.22. The third-order valence-electron chi connectivity index (χ3n) is 2.89. The lowest BCUT2D eigenvalue weighted by molar-refractivity contribution is 0.266. The first kappa shape index (κ1) is 14.7. The minimum absolute atomic E-state index is 0.261. The molecule has 0 radical (unpaired) electrons. The minimum atomic E-state index is 0.261. The first-order chi connectivity index (χ1) is 7.93. The van der Waals surface area contributed by atoms with E-state index < -0.39 is 0 Å². The maximum atomic E-state index is 4.22. The van der Waals surface area contributed by atoms with Gasteiger partial charge in [0.15, 0.2) is 0 Å². The standard InChI is InChI=1S/C14H23BrN2/c1-5-6-17-13(14(2,3)4)8-11-7-12(15)10-16-9-11/h7,9-10,13,17H,5-6,8H2,1-4H3. The zero-order chi connectivity index (χ0) is 12.9. The smallest absolute Gasteiger partial charge is 0.0410 e. The number of pyridine rings is 1. The summed E-state index contributed by atoms with van der Waals surface area (Å²) in [5, 5.41) is 3.63. The Balaban J connectivity index is 2.72. The SMILES string of the molecule is CCCNC(Cc1cncc(Br)c1)C(C)(C)C. The lowest BCUT2D eigenvalue weighted by Gasteiger charge is -2.32. The van der Waals surface area contributed by atoms with Crippen molar-refractivity contribution in [2.45, 2.75) is 46.6 Å². The van der Waals surface area contributed by atoms with Crippen molar-refractivity contribution in [2.75, 3.05) is 6.54 Å². The Bertz CT molecular complexity index is 344. The molecule has 1 N–H and O–H groups in total. The molecule has 0 saturated heterocycles. The van der Waals surface area contributed by atoms with Crippen molar-refractivity contribution >= 4 is 15.9 Å². The predicted molar refractivity (Wildman–Crippen MR) is 77.2 cm³/mol. The summed E-state index contributed by atoms with van der Waals surface area (Å²) in [5.41, 5.74) is 1.54. The fraction of sp³-hybridized carbons (Fsp3) is 0.643. The Kier molecular flexibility index (Phi) is 5.60. The topological polar surface area (TPSA) is 24.9 Å². The zero-order valence-corrected chi connectivity index (χ0v) is 12.8. The van der Waals surface area contributed by atoms with Crippen molar-refractivity contribution in [2.24, 2.45) is 5.41 Å². The summed E-state index contributed by atoms with van der Waals surface area (Å²) in [7, 11) is 0. The van der Waals surface area contributed by atoms with Gasteiger partial charge >= 0.3 is 0 Å². The van der Waals surface area contributed by atoms with Crippen molar-refractivity contribution in [1.29, 1.82) is 0 Å². The van der Waals surface area contributed by atoms with E-state index in [1.54, 1.807) is 0 Å². The van der Waals surface area contributed by atoms with E-state index in [0.29, 0.717) is 6.04 Å². The van der Waals surface area contributed by atoms with Crippen LogP contribution in [0, 0.1) is 5.41 Å². The normalized spacial score (nSPS) is 13.7. The van der Waals surface area contributed by atoms with Crippen LogP contribution in [0.4, 0.5) is 0 Å². The number of nitrogens with one attached hydrogen (secondary N) is 1. The van der Waals surface area contributed by atoms with E-state index in [1.165, 1.54) is 12.0 Å². The molecule has 0 fully saturated rings. The molecule has 1 rings (SSSR count). The minimum Gasteiger partial charge on any atom is -0.313 e. The van der Waals surface area contributed by atoms with Gasteiger partial charge in [0.2, 0.25) is 0 Å². The van der Waals surface area contributed by atoms with Crippen LogP contribution in [0.15, 0.2) is 22.9 Å². The molecule has 0 aliphatic rings. The van der Waals surface area contributed by atoms with E-state index in [1.807, 2.05) is 12.4 Å². The highest BCUT2D eigenvalue weighted by Gasteiger charge is 2.24. The third kappa shape index (κ3) is 5.17. The van der Waals surface area contributed by atoms with Gasteiger partial charge in [-0.2, -0.15) is 0 Å². The fourth-order valence-electron chi connectivity index (χ4n) is 1.81. The molecule has 1 unspecified atom stereocenters. The molecule has 1 aromatic rings. The molecule has 0 aliphatic carbocycles. The van der Waals surface area contributed by atoms with Gasteiger partial charge in [-0.25, -0.2) is 0 Å². The van der Waals surface area contributed by atoms with E-state index >= 15 is 0 Å². The second kappa shape index (κ2) is 6.50. The molecule has 0 bridgehead atoms. The Morgan fingerprint density at radius 1 is 1.35 bits per heavy atom. The van der Waals surface area contributed by atoms with E-state index in [2.05, 4.69) is 60.0 Å². The van der Waals surface area contributed by atoms with Crippen LogP contribution < -0.4 is 5.32 Å². The highest BCUT2D eigenvalue weighted by molar-refractivity contribution is 9.10. The summed E-state index contributed by atoms with van der Waals surface area (Å²) < 4.78 is 1.05. The van der Waals surface area contributed by atoms with Crippen LogP contribution >= 0.6 is 15.9 Å². The number of halogens is 1. The van der Waals surface area contributed by atoms with Crippen LogP contribution in [-0.4, -0.2) is 17.6 Å². The van der Waals surface area contributed by atoms with E-state index in [-0.39, 0.29) is 5.41 Å². The quantitative estimate of drug-likeness (QED) is 0.894. The Hall–Kier alpha value is -0.410. The highest BCUT2D eigenvalue weighted by Crippen LogP contribution is 2.23. The van der Waals surface area contributed by atoms with E-state index in [0.717, 1.165) is 17.4 Å². The Morgan fingerprint density at radius 2 is 2.06 bits per heavy atom. The van der Waals surface area contributed by atoms with Gasteiger partial charge in [0.25, 0.3) is 0 Å². The van der Waals surface area contributed by atoms with Gasteiger partial charge in [0.1, 0.15) is 0 Å². The van der Waals surface area contributed by atoms with Gasteiger partial charge in [0, 0.05) is 22.9 Å². The summed E-state index contributed by atoms with van der Waals surface area (Å²) in [6.07, 6.45) is 5.98. The van der Waals surface area contributed by atoms with Crippen LogP contribution in [0.3, 0.4) is 0 Å². The lowest BCUT2D eigenvalue weighted by Crippen LogP contribution is -2.42. The molecule has 17 heavy (non-hydrogen) atoms. The van der Waals surface area contributed by atoms with Crippen molar-refractivity contribution < 1.29 is 0 Å². The summed E-state index contributed by atoms with van der Waals surface area (Å²) in [5.74, 6) is 0. The van der Waals surface area contributed by atoms with Crippen LogP contribution in [0.1, 0.15) is 39.7 Å². The van der Waals surface area contributed by atoms with Gasteiger partial charge in [-0.3, -0.25) is 4.98 Å². The summed E-state index contributed by atoms with van der Waals surface area (Å²) >= 11 is 3.47. The van der Waals surface area contributed by atoms with Gasteiger partial charge in [0.05, 0.1) is 0 Å². The third-order valence-corrected chi connectivity index (χ3v) is 3.32. The van der Waals surface area contributed by atoms with Gasteiger partial charge in [-0.05, 0) is 52.4 Å². The number of aromatic nitrogens is 1. The summed E-state index contributed by atoms with van der Waals surface area (Å²) in [4.78, 5) is 4.22. The Labute approximate surface area is 113 Å². The fourth-order valence-corrected chi connectivity index (χ4v) is 2.22. The summed E-state index contributed by atoms with van der Waals surface area (Å²) in [6.45, 7) is 10.1. The highest BCUT2D eigenvalue weighted by atomic mass is 79.9. The molecule has 0 aliphatic heterocycles. The lowest BCUT2D eigenvalue weighted by atomic mass is 9.83. The Morgan fingerprint density at radius 3 is 2.59 bits per heavy atom. The predicted octanol–water partition coefficient (Wildman–Crippen LogP) is 3.80. The second-order valence-corrected chi connectivity index (χ2v) is 6.50. The first-order valence-corrected chi connectivity index (χ1v) is 7.05. The van der Waals surface area contributed by atoms with Gasteiger partial charge in [-0.15, -0.1) is 0 Å². The molecule has 0 aromatic carbocycles. The molecule has 0 amide bonds. The van der Waals surface area contributed by atoms with Gasteiger partial charge < -0.3 is 5.32 Å².